The number of hydrogen-bond donors (Lipinski definition) is 0. The normalized spacial score (nSPS) is 17.5. The van der Waals surface area contributed by atoms with E-state index in [4.69, 9.17) is 11.6 Å². The first kappa shape index (κ1) is 11.9. The first-order chi connectivity index (χ1) is 7.52. The van der Waals surface area contributed by atoms with Crippen molar-refractivity contribution < 1.29 is 0 Å². The third kappa shape index (κ3) is 2.24. The fourth-order valence-corrected chi connectivity index (χ4v) is 2.47. The molecule has 0 spiro atoms. The van der Waals surface area contributed by atoms with Crippen LogP contribution in [0.1, 0.15) is 51.7 Å². The molecule has 1 aliphatic rings. The Morgan fingerprint density at radius 2 is 1.88 bits per heavy atom. The minimum absolute atomic E-state index is 0.0206. The van der Waals surface area contributed by atoms with Crippen LogP contribution in [0, 0.1) is 5.92 Å². The smallest absolute Gasteiger partial charge is 0.148 e. The summed E-state index contributed by atoms with van der Waals surface area (Å²) in [6, 6.07) is 0. The molecule has 1 aromatic heterocycles. The van der Waals surface area contributed by atoms with Crippen LogP contribution in [0.15, 0.2) is 0 Å². The Morgan fingerprint density at radius 3 is 2.31 bits per heavy atom. The summed E-state index contributed by atoms with van der Waals surface area (Å²) in [5.74, 6) is 3.25. The van der Waals surface area contributed by atoms with Crippen molar-refractivity contribution in [1.82, 2.24) is 14.8 Å². The zero-order chi connectivity index (χ0) is 11.8. The zero-order valence-corrected chi connectivity index (χ0v) is 11.1. The molecule has 16 heavy (non-hydrogen) atoms. The standard InChI is InChI=1S/C12H20ClN3/c1-12(2,3)16-10(7-9-5-4-6-9)14-15-11(16)8-13/h9H,4-8H2,1-3H3. The van der Waals surface area contributed by atoms with Crippen molar-refractivity contribution in [3.05, 3.63) is 11.6 Å². The Kier molecular flexibility index (Phi) is 3.24. The SMILES string of the molecule is CC(C)(C)n1c(CCl)nnc1CC1CCC1. The number of rotatable bonds is 3. The van der Waals surface area contributed by atoms with Gasteiger partial charge in [-0.3, -0.25) is 0 Å². The number of aromatic nitrogens is 3. The van der Waals surface area contributed by atoms with E-state index in [2.05, 4.69) is 35.5 Å². The summed E-state index contributed by atoms with van der Waals surface area (Å²) in [4.78, 5) is 0. The molecule has 1 saturated carbocycles. The summed E-state index contributed by atoms with van der Waals surface area (Å²) in [6.07, 6.45) is 5.11. The largest absolute Gasteiger partial charge is 0.309 e. The van der Waals surface area contributed by atoms with Gasteiger partial charge >= 0.3 is 0 Å². The maximum atomic E-state index is 5.91. The zero-order valence-electron chi connectivity index (χ0n) is 10.3. The van der Waals surface area contributed by atoms with E-state index in [1.54, 1.807) is 0 Å². The molecule has 90 valence electrons. The highest BCUT2D eigenvalue weighted by Crippen LogP contribution is 2.31. The number of hydrogen-bond acceptors (Lipinski definition) is 2. The fraction of sp³-hybridized carbons (Fsp3) is 0.833. The number of halogens is 1. The molecule has 0 unspecified atom stereocenters. The molecule has 4 heteroatoms. The quantitative estimate of drug-likeness (QED) is 0.762. The molecule has 3 nitrogen and oxygen atoms in total. The Labute approximate surface area is 102 Å². The maximum absolute atomic E-state index is 5.91. The highest BCUT2D eigenvalue weighted by Gasteiger charge is 2.26. The molecular formula is C12H20ClN3. The molecule has 1 aliphatic carbocycles. The molecule has 0 saturated heterocycles. The molecule has 1 aromatic rings. The Bertz CT molecular complexity index is 361. The lowest BCUT2D eigenvalue weighted by molar-refractivity contribution is 0.291. The molecule has 2 rings (SSSR count). The summed E-state index contributed by atoms with van der Waals surface area (Å²) < 4.78 is 2.21. The molecule has 0 N–H and O–H groups in total. The molecule has 0 aliphatic heterocycles. The van der Waals surface area contributed by atoms with Crippen LogP contribution in [0.4, 0.5) is 0 Å². The second-order valence-corrected chi connectivity index (χ2v) is 5.94. The summed E-state index contributed by atoms with van der Waals surface area (Å²) in [5, 5.41) is 8.50. The first-order valence-corrected chi connectivity index (χ1v) is 6.55. The third-order valence-electron chi connectivity index (χ3n) is 3.28. The van der Waals surface area contributed by atoms with Gasteiger partial charge in [0.15, 0.2) is 0 Å². The van der Waals surface area contributed by atoms with Gasteiger partial charge in [0, 0.05) is 12.0 Å². The Hall–Kier alpha value is -0.570. The van der Waals surface area contributed by atoms with Crippen LogP contribution in [0.5, 0.6) is 0 Å². The van der Waals surface area contributed by atoms with Gasteiger partial charge in [-0.1, -0.05) is 19.3 Å². The van der Waals surface area contributed by atoms with E-state index in [0.717, 1.165) is 24.0 Å². The van der Waals surface area contributed by atoms with E-state index in [1.165, 1.54) is 19.3 Å². The van der Waals surface area contributed by atoms with Crippen LogP contribution in [-0.4, -0.2) is 14.8 Å². The highest BCUT2D eigenvalue weighted by molar-refractivity contribution is 6.16. The predicted molar refractivity (Wildman–Crippen MR) is 65.6 cm³/mol. The van der Waals surface area contributed by atoms with E-state index >= 15 is 0 Å². The van der Waals surface area contributed by atoms with Gasteiger partial charge in [0.2, 0.25) is 0 Å². The average molecular weight is 242 g/mol. The van der Waals surface area contributed by atoms with Gasteiger partial charge in [-0.2, -0.15) is 0 Å². The van der Waals surface area contributed by atoms with Crippen LogP contribution in [0.3, 0.4) is 0 Å². The van der Waals surface area contributed by atoms with Crippen LogP contribution in [0.25, 0.3) is 0 Å². The summed E-state index contributed by atoms with van der Waals surface area (Å²) in [6.45, 7) is 6.53. The van der Waals surface area contributed by atoms with Crippen molar-refractivity contribution in [2.24, 2.45) is 5.92 Å². The van der Waals surface area contributed by atoms with Gasteiger partial charge in [-0.15, -0.1) is 21.8 Å². The van der Waals surface area contributed by atoms with E-state index in [9.17, 15) is 0 Å². The molecule has 0 amide bonds. The minimum atomic E-state index is 0.0206. The summed E-state index contributed by atoms with van der Waals surface area (Å²) in [5.41, 5.74) is 0.0206. The van der Waals surface area contributed by atoms with E-state index in [-0.39, 0.29) is 5.54 Å². The Balaban J connectivity index is 2.25. The fourth-order valence-electron chi connectivity index (χ4n) is 2.30. The average Bonchev–Trinajstić information content (AvgIpc) is 2.53. The summed E-state index contributed by atoms with van der Waals surface area (Å²) in [7, 11) is 0. The molecular weight excluding hydrogens is 222 g/mol. The second-order valence-electron chi connectivity index (χ2n) is 5.67. The number of nitrogens with zero attached hydrogens (tertiary/aromatic N) is 3. The van der Waals surface area contributed by atoms with E-state index in [0.29, 0.717) is 5.88 Å². The highest BCUT2D eigenvalue weighted by atomic mass is 35.5. The van der Waals surface area contributed by atoms with Crippen LogP contribution in [-0.2, 0) is 17.8 Å². The lowest BCUT2D eigenvalue weighted by Crippen LogP contribution is -2.28. The topological polar surface area (TPSA) is 30.7 Å². The molecule has 1 heterocycles. The van der Waals surface area contributed by atoms with Crippen molar-refractivity contribution >= 4 is 11.6 Å². The molecule has 0 bridgehead atoms. The van der Waals surface area contributed by atoms with Gasteiger partial charge in [-0.25, -0.2) is 0 Å². The Morgan fingerprint density at radius 1 is 1.25 bits per heavy atom. The summed E-state index contributed by atoms with van der Waals surface area (Å²) >= 11 is 5.91. The van der Waals surface area contributed by atoms with Crippen LogP contribution >= 0.6 is 11.6 Å². The van der Waals surface area contributed by atoms with Gasteiger partial charge in [-0.05, 0) is 26.7 Å². The van der Waals surface area contributed by atoms with Crippen molar-refractivity contribution in [3.63, 3.8) is 0 Å². The third-order valence-corrected chi connectivity index (χ3v) is 3.52. The molecule has 0 aromatic carbocycles. The lowest BCUT2D eigenvalue weighted by atomic mass is 9.82. The molecule has 0 atom stereocenters. The van der Waals surface area contributed by atoms with Gasteiger partial charge in [0.05, 0.1) is 5.88 Å². The van der Waals surface area contributed by atoms with Crippen LogP contribution < -0.4 is 0 Å². The van der Waals surface area contributed by atoms with Crippen molar-refractivity contribution in [2.75, 3.05) is 0 Å². The molecule has 1 fully saturated rings. The second kappa shape index (κ2) is 4.36. The van der Waals surface area contributed by atoms with Gasteiger partial charge in [0.1, 0.15) is 11.6 Å². The van der Waals surface area contributed by atoms with Crippen molar-refractivity contribution in [2.45, 2.75) is 57.9 Å². The van der Waals surface area contributed by atoms with Gasteiger partial charge in [0.25, 0.3) is 0 Å². The number of alkyl halides is 1. The maximum Gasteiger partial charge on any atom is 0.148 e. The van der Waals surface area contributed by atoms with E-state index < -0.39 is 0 Å². The first-order valence-electron chi connectivity index (χ1n) is 6.02. The molecule has 0 radical (unpaired) electrons. The lowest BCUT2D eigenvalue weighted by Gasteiger charge is -2.29. The monoisotopic (exact) mass is 241 g/mol. The van der Waals surface area contributed by atoms with Crippen LogP contribution in [0.2, 0.25) is 0 Å². The van der Waals surface area contributed by atoms with Crippen molar-refractivity contribution in [3.8, 4) is 0 Å². The van der Waals surface area contributed by atoms with Gasteiger partial charge < -0.3 is 4.57 Å². The minimum Gasteiger partial charge on any atom is -0.309 e. The van der Waals surface area contributed by atoms with Crippen molar-refractivity contribution in [1.29, 1.82) is 0 Å². The van der Waals surface area contributed by atoms with E-state index in [1.807, 2.05) is 0 Å². The predicted octanol–water partition coefficient (Wildman–Crippen LogP) is 3.11.